The highest BCUT2D eigenvalue weighted by Gasteiger charge is 2.36. The highest BCUT2D eigenvalue weighted by Crippen LogP contribution is 2.41. The fourth-order valence-corrected chi connectivity index (χ4v) is 2.97. The molecule has 0 saturated carbocycles. The number of nitrogens with two attached hydrogens (primary N) is 1. The first-order chi connectivity index (χ1) is 9.97. The van der Waals surface area contributed by atoms with Gasteiger partial charge in [0.1, 0.15) is 0 Å². The molecule has 2 aromatic rings. The van der Waals surface area contributed by atoms with Gasteiger partial charge in [0.15, 0.2) is 0 Å². The average molecular weight is 280 g/mol. The van der Waals surface area contributed by atoms with Crippen LogP contribution >= 0.6 is 0 Å². The van der Waals surface area contributed by atoms with Gasteiger partial charge in [-0.05, 0) is 29.3 Å². The lowest BCUT2D eigenvalue weighted by Crippen LogP contribution is -2.41. The van der Waals surface area contributed by atoms with Crippen molar-refractivity contribution in [2.75, 3.05) is 10.6 Å². The van der Waals surface area contributed by atoms with Crippen LogP contribution in [-0.2, 0) is 16.8 Å². The molecule has 3 heteroatoms. The van der Waals surface area contributed by atoms with Gasteiger partial charge >= 0.3 is 0 Å². The van der Waals surface area contributed by atoms with Gasteiger partial charge in [0, 0.05) is 23.2 Å². The Morgan fingerprint density at radius 2 is 1.86 bits per heavy atom. The average Bonchev–Trinajstić information content (AvgIpc) is 2.44. The van der Waals surface area contributed by atoms with Crippen molar-refractivity contribution in [3.63, 3.8) is 0 Å². The zero-order chi connectivity index (χ0) is 15.0. The maximum Gasteiger partial charge on any atom is 0.228 e. The normalized spacial score (nSPS) is 16.7. The van der Waals surface area contributed by atoms with Crippen LogP contribution in [0.3, 0.4) is 0 Å². The summed E-state index contributed by atoms with van der Waals surface area (Å²) >= 11 is 0. The predicted molar refractivity (Wildman–Crippen MR) is 86.1 cm³/mol. The van der Waals surface area contributed by atoms with Crippen LogP contribution in [0.25, 0.3) is 0 Å². The third kappa shape index (κ3) is 2.51. The van der Waals surface area contributed by atoms with Gasteiger partial charge in [0.25, 0.3) is 0 Å². The molecular weight excluding hydrogens is 260 g/mol. The summed E-state index contributed by atoms with van der Waals surface area (Å²) in [6.45, 7) is 4.80. The van der Waals surface area contributed by atoms with Crippen molar-refractivity contribution in [1.29, 1.82) is 0 Å². The SMILES string of the molecule is CC1(C)CC(=O)N(Cc2ccccc2)c2ccc(N)cc21. The molecule has 3 nitrogen and oxygen atoms in total. The molecule has 0 fully saturated rings. The zero-order valence-electron chi connectivity index (χ0n) is 12.5. The Morgan fingerprint density at radius 3 is 2.57 bits per heavy atom. The van der Waals surface area contributed by atoms with E-state index in [2.05, 4.69) is 13.8 Å². The van der Waals surface area contributed by atoms with Crippen molar-refractivity contribution in [2.24, 2.45) is 0 Å². The monoisotopic (exact) mass is 280 g/mol. The first-order valence-corrected chi connectivity index (χ1v) is 7.22. The molecule has 0 saturated heterocycles. The number of hydrogen-bond donors (Lipinski definition) is 1. The van der Waals surface area contributed by atoms with Crippen molar-refractivity contribution in [3.8, 4) is 0 Å². The number of anilines is 2. The molecular formula is C18H20N2O. The Morgan fingerprint density at radius 1 is 1.14 bits per heavy atom. The minimum absolute atomic E-state index is 0.168. The molecule has 0 unspecified atom stereocenters. The Kier molecular flexibility index (Phi) is 3.20. The second kappa shape index (κ2) is 4.92. The van der Waals surface area contributed by atoms with Crippen LogP contribution < -0.4 is 10.6 Å². The smallest absolute Gasteiger partial charge is 0.228 e. The first-order valence-electron chi connectivity index (χ1n) is 7.22. The van der Waals surface area contributed by atoms with Crippen LogP contribution in [0.1, 0.15) is 31.4 Å². The van der Waals surface area contributed by atoms with E-state index >= 15 is 0 Å². The molecule has 2 aromatic carbocycles. The third-order valence-electron chi connectivity index (χ3n) is 4.12. The summed E-state index contributed by atoms with van der Waals surface area (Å²) in [7, 11) is 0. The summed E-state index contributed by atoms with van der Waals surface area (Å²) in [5.41, 5.74) is 9.77. The summed E-state index contributed by atoms with van der Waals surface area (Å²) < 4.78 is 0. The van der Waals surface area contributed by atoms with E-state index in [4.69, 9.17) is 5.73 Å². The fraction of sp³-hybridized carbons (Fsp3) is 0.278. The Bertz CT molecular complexity index is 677. The molecule has 0 spiro atoms. The molecule has 0 radical (unpaired) electrons. The number of hydrogen-bond acceptors (Lipinski definition) is 2. The lowest BCUT2D eigenvalue weighted by Gasteiger charge is -2.38. The molecule has 1 aliphatic heterocycles. The summed E-state index contributed by atoms with van der Waals surface area (Å²) in [5.74, 6) is 0.168. The summed E-state index contributed by atoms with van der Waals surface area (Å²) in [6.07, 6.45) is 0.510. The summed E-state index contributed by atoms with van der Waals surface area (Å²) in [6, 6.07) is 15.9. The number of carbonyl (C=O) groups is 1. The molecule has 0 aliphatic carbocycles. The molecule has 21 heavy (non-hydrogen) atoms. The Hall–Kier alpha value is -2.29. The van der Waals surface area contributed by atoms with Crippen LogP contribution in [0.15, 0.2) is 48.5 Å². The van der Waals surface area contributed by atoms with Crippen molar-refractivity contribution >= 4 is 17.3 Å². The van der Waals surface area contributed by atoms with Gasteiger partial charge in [-0.2, -0.15) is 0 Å². The maximum absolute atomic E-state index is 12.6. The van der Waals surface area contributed by atoms with E-state index in [0.29, 0.717) is 13.0 Å². The van der Waals surface area contributed by atoms with Gasteiger partial charge in [-0.25, -0.2) is 0 Å². The van der Waals surface area contributed by atoms with E-state index in [1.807, 2.05) is 53.4 Å². The molecule has 2 N–H and O–H groups in total. The quantitative estimate of drug-likeness (QED) is 0.856. The van der Waals surface area contributed by atoms with E-state index in [1.165, 1.54) is 0 Å². The number of nitrogen functional groups attached to an aromatic ring is 1. The maximum atomic E-state index is 12.6. The predicted octanol–water partition coefficient (Wildman–Crippen LogP) is 3.48. The van der Waals surface area contributed by atoms with E-state index < -0.39 is 0 Å². The van der Waals surface area contributed by atoms with Crippen molar-refractivity contribution in [3.05, 3.63) is 59.7 Å². The van der Waals surface area contributed by atoms with Crippen molar-refractivity contribution < 1.29 is 4.79 Å². The van der Waals surface area contributed by atoms with Crippen molar-refractivity contribution in [2.45, 2.75) is 32.2 Å². The second-order valence-corrected chi connectivity index (χ2v) is 6.30. The lowest BCUT2D eigenvalue weighted by molar-refractivity contribution is -0.120. The molecule has 108 valence electrons. The number of benzene rings is 2. The van der Waals surface area contributed by atoms with Crippen LogP contribution in [0.5, 0.6) is 0 Å². The summed E-state index contributed by atoms with van der Waals surface area (Å²) in [5, 5.41) is 0. The van der Waals surface area contributed by atoms with E-state index in [1.54, 1.807) is 0 Å². The lowest BCUT2D eigenvalue weighted by atomic mass is 9.77. The number of fused-ring (bicyclic) bond motifs is 1. The second-order valence-electron chi connectivity index (χ2n) is 6.30. The van der Waals surface area contributed by atoms with Crippen LogP contribution in [-0.4, -0.2) is 5.91 Å². The number of carbonyl (C=O) groups excluding carboxylic acids is 1. The van der Waals surface area contributed by atoms with Crippen LogP contribution in [0.4, 0.5) is 11.4 Å². The highest BCUT2D eigenvalue weighted by atomic mass is 16.2. The minimum atomic E-state index is -0.172. The molecule has 1 heterocycles. The van der Waals surface area contributed by atoms with Gasteiger partial charge in [-0.3, -0.25) is 4.79 Å². The molecule has 0 atom stereocenters. The van der Waals surface area contributed by atoms with Gasteiger partial charge in [0.2, 0.25) is 5.91 Å². The topological polar surface area (TPSA) is 46.3 Å². The number of nitrogens with zero attached hydrogens (tertiary/aromatic N) is 1. The standard InChI is InChI=1S/C18H20N2O/c1-18(2)11-17(21)20(12-13-6-4-3-5-7-13)16-9-8-14(19)10-15(16)18/h3-10H,11-12,19H2,1-2H3. The zero-order valence-corrected chi connectivity index (χ0v) is 12.5. The van der Waals surface area contributed by atoms with Crippen LogP contribution in [0, 0.1) is 0 Å². The largest absolute Gasteiger partial charge is 0.399 e. The Balaban J connectivity index is 2.04. The minimum Gasteiger partial charge on any atom is -0.399 e. The fourth-order valence-electron chi connectivity index (χ4n) is 2.97. The van der Waals surface area contributed by atoms with E-state index in [0.717, 1.165) is 22.5 Å². The third-order valence-corrected chi connectivity index (χ3v) is 4.12. The number of amides is 1. The molecule has 1 aliphatic rings. The van der Waals surface area contributed by atoms with Gasteiger partial charge in [-0.1, -0.05) is 44.2 Å². The van der Waals surface area contributed by atoms with E-state index in [-0.39, 0.29) is 11.3 Å². The molecule has 3 rings (SSSR count). The summed E-state index contributed by atoms with van der Waals surface area (Å²) in [4.78, 5) is 14.4. The van der Waals surface area contributed by atoms with Gasteiger partial charge in [0.05, 0.1) is 6.54 Å². The van der Waals surface area contributed by atoms with E-state index in [9.17, 15) is 4.79 Å². The highest BCUT2D eigenvalue weighted by molar-refractivity contribution is 5.98. The number of rotatable bonds is 2. The molecule has 1 amide bonds. The van der Waals surface area contributed by atoms with Gasteiger partial charge < -0.3 is 10.6 Å². The molecule has 0 aromatic heterocycles. The van der Waals surface area contributed by atoms with Crippen molar-refractivity contribution in [1.82, 2.24) is 0 Å². The van der Waals surface area contributed by atoms with Gasteiger partial charge in [-0.15, -0.1) is 0 Å². The first kappa shape index (κ1) is 13.7. The molecule has 0 bridgehead atoms. The Labute approximate surface area is 125 Å². The van der Waals surface area contributed by atoms with Crippen LogP contribution in [0.2, 0.25) is 0 Å².